The van der Waals surface area contributed by atoms with Gasteiger partial charge in [-0.25, -0.2) is 4.98 Å². The Kier molecular flexibility index (Phi) is 3.40. The van der Waals surface area contributed by atoms with E-state index in [1.165, 1.54) is 24.5 Å². The van der Waals surface area contributed by atoms with Gasteiger partial charge in [0.05, 0.1) is 22.4 Å². The molecule has 0 atom stereocenters. The fourth-order valence-electron chi connectivity index (χ4n) is 1.50. The van der Waals surface area contributed by atoms with Crippen molar-refractivity contribution >= 4 is 28.8 Å². The van der Waals surface area contributed by atoms with Gasteiger partial charge in [-0.3, -0.25) is 4.79 Å². The fourth-order valence-corrected chi connectivity index (χ4v) is 2.42. The van der Waals surface area contributed by atoms with Gasteiger partial charge in [0.15, 0.2) is 5.78 Å². The van der Waals surface area contributed by atoms with Gasteiger partial charge in [-0.15, -0.1) is 11.3 Å². The normalized spacial score (nSPS) is 11.3. The summed E-state index contributed by atoms with van der Waals surface area (Å²) in [7, 11) is 0. The highest BCUT2D eigenvalue weighted by molar-refractivity contribution is 7.15. The number of allylic oxidation sites excluding steroid dienone is 1. The molecule has 0 aliphatic carbocycles. The van der Waals surface area contributed by atoms with Crippen molar-refractivity contribution in [3.8, 4) is 6.07 Å². The van der Waals surface area contributed by atoms with Gasteiger partial charge < -0.3 is 4.42 Å². The summed E-state index contributed by atoms with van der Waals surface area (Å²) >= 11 is 1.23. The number of carbonyl (C=O) groups is 1. The van der Waals surface area contributed by atoms with Crippen molar-refractivity contribution in [2.75, 3.05) is 0 Å². The van der Waals surface area contributed by atoms with Crippen LogP contribution >= 0.6 is 11.3 Å². The lowest BCUT2D eigenvalue weighted by atomic mass is 10.2. The molecule has 0 radical (unpaired) electrons. The second-order valence-corrected chi connectivity index (χ2v) is 4.67. The molecule has 2 rings (SSSR count). The molecule has 5 heteroatoms. The number of nitriles is 1. The largest absolute Gasteiger partial charge is 0.465 e. The van der Waals surface area contributed by atoms with Crippen LogP contribution in [0.25, 0.3) is 11.6 Å². The highest BCUT2D eigenvalue weighted by Crippen LogP contribution is 2.26. The zero-order valence-corrected chi connectivity index (χ0v) is 10.7. The molecule has 0 N–H and O–H groups in total. The lowest BCUT2D eigenvalue weighted by molar-refractivity contribution is 0.102. The third-order valence-electron chi connectivity index (χ3n) is 2.30. The van der Waals surface area contributed by atoms with E-state index in [1.807, 2.05) is 0 Å². The van der Waals surface area contributed by atoms with Crippen LogP contribution in [0.2, 0.25) is 0 Å². The zero-order chi connectivity index (χ0) is 13.1. The minimum atomic E-state index is -0.0356. The molecule has 18 heavy (non-hydrogen) atoms. The number of aromatic nitrogens is 1. The first-order chi connectivity index (χ1) is 8.61. The maximum Gasteiger partial charge on any atom is 0.171 e. The molecule has 2 aromatic heterocycles. The van der Waals surface area contributed by atoms with Gasteiger partial charge in [0.25, 0.3) is 0 Å². The van der Waals surface area contributed by atoms with Gasteiger partial charge in [-0.1, -0.05) is 0 Å². The van der Waals surface area contributed by atoms with Crippen molar-refractivity contribution < 1.29 is 9.21 Å². The maximum absolute atomic E-state index is 11.4. The number of rotatable bonds is 3. The quantitative estimate of drug-likeness (QED) is 0.625. The molecule has 0 saturated heterocycles. The van der Waals surface area contributed by atoms with Crippen LogP contribution in [0.1, 0.15) is 33.1 Å². The number of Topliss-reactive ketones (excluding diaryl/α,β-unsaturated/α-hetero) is 1. The Morgan fingerprint density at radius 1 is 1.61 bits per heavy atom. The Balaban J connectivity index is 2.44. The van der Waals surface area contributed by atoms with Gasteiger partial charge in [-0.2, -0.15) is 5.26 Å². The van der Waals surface area contributed by atoms with E-state index in [2.05, 4.69) is 11.1 Å². The number of furan rings is 1. The Morgan fingerprint density at radius 3 is 2.89 bits per heavy atom. The van der Waals surface area contributed by atoms with Crippen molar-refractivity contribution in [1.29, 1.82) is 5.26 Å². The Bertz CT molecular complexity index is 645. The lowest BCUT2D eigenvalue weighted by Crippen LogP contribution is -1.89. The van der Waals surface area contributed by atoms with Crippen LogP contribution < -0.4 is 0 Å². The number of nitrogens with zero attached hydrogens (tertiary/aromatic N) is 2. The van der Waals surface area contributed by atoms with Crippen LogP contribution in [0.3, 0.4) is 0 Å². The molecule has 0 aliphatic rings. The van der Waals surface area contributed by atoms with Gasteiger partial charge in [-0.05, 0) is 19.1 Å². The van der Waals surface area contributed by atoms with Crippen molar-refractivity contribution in [2.24, 2.45) is 0 Å². The summed E-state index contributed by atoms with van der Waals surface area (Å²) in [5.74, 6) is 0.551. The van der Waals surface area contributed by atoms with Crippen molar-refractivity contribution in [3.05, 3.63) is 39.7 Å². The first kappa shape index (κ1) is 12.3. The second-order valence-electron chi connectivity index (χ2n) is 3.67. The van der Waals surface area contributed by atoms with E-state index < -0.39 is 0 Å². The Labute approximate surface area is 108 Å². The van der Waals surface area contributed by atoms with Crippen LogP contribution in [0, 0.1) is 18.3 Å². The van der Waals surface area contributed by atoms with Gasteiger partial charge in [0.2, 0.25) is 0 Å². The van der Waals surface area contributed by atoms with Crippen LogP contribution in [0.5, 0.6) is 0 Å². The highest BCUT2D eigenvalue weighted by Gasteiger charge is 2.14. The summed E-state index contributed by atoms with van der Waals surface area (Å²) in [5.41, 5.74) is 1.05. The number of carbonyl (C=O) groups excluding carboxylic acids is 1. The molecular formula is C13H10N2O2S. The van der Waals surface area contributed by atoms with E-state index in [4.69, 9.17) is 9.68 Å². The van der Waals surface area contributed by atoms with Crippen LogP contribution in [0.4, 0.5) is 0 Å². The van der Waals surface area contributed by atoms with Gasteiger partial charge in [0, 0.05) is 13.0 Å². The number of ketones is 1. The Hall–Kier alpha value is -2.19. The maximum atomic E-state index is 11.4. The zero-order valence-electron chi connectivity index (χ0n) is 9.93. The third-order valence-corrected chi connectivity index (χ3v) is 3.59. The summed E-state index contributed by atoms with van der Waals surface area (Å²) < 4.78 is 5.15. The highest BCUT2D eigenvalue weighted by atomic mass is 32.1. The molecule has 0 aliphatic heterocycles. The molecule has 0 aromatic carbocycles. The molecular weight excluding hydrogens is 248 g/mol. The molecule has 0 bridgehead atoms. The van der Waals surface area contributed by atoms with Gasteiger partial charge in [0.1, 0.15) is 16.8 Å². The number of hydrogen-bond donors (Lipinski definition) is 0. The van der Waals surface area contributed by atoms with E-state index >= 15 is 0 Å². The smallest absolute Gasteiger partial charge is 0.171 e. The average molecular weight is 258 g/mol. The predicted octanol–water partition coefficient (Wildman–Crippen LogP) is 3.31. The van der Waals surface area contributed by atoms with E-state index in [9.17, 15) is 4.79 Å². The van der Waals surface area contributed by atoms with Crippen molar-refractivity contribution in [3.63, 3.8) is 0 Å². The van der Waals surface area contributed by atoms with Crippen molar-refractivity contribution in [2.45, 2.75) is 13.8 Å². The molecule has 0 fully saturated rings. The van der Waals surface area contributed by atoms with Crippen LogP contribution in [-0.2, 0) is 0 Å². The minimum Gasteiger partial charge on any atom is -0.465 e. The third kappa shape index (κ3) is 2.39. The molecule has 4 nitrogen and oxygen atoms in total. The molecule has 0 saturated carbocycles. The average Bonchev–Trinajstić information content (AvgIpc) is 2.94. The number of hydrogen-bond acceptors (Lipinski definition) is 5. The van der Waals surface area contributed by atoms with Gasteiger partial charge >= 0.3 is 0 Å². The summed E-state index contributed by atoms with van der Waals surface area (Å²) in [6, 6.07) is 5.57. The Morgan fingerprint density at radius 2 is 2.39 bits per heavy atom. The van der Waals surface area contributed by atoms with E-state index in [0.717, 1.165) is 0 Å². The minimum absolute atomic E-state index is 0.0356. The fraction of sp³-hybridized carbons (Fsp3) is 0.154. The number of aryl methyl sites for hydroxylation is 1. The molecule has 0 unspecified atom stereocenters. The van der Waals surface area contributed by atoms with Crippen LogP contribution in [0.15, 0.2) is 22.8 Å². The number of thiazole rings is 1. The molecule has 2 heterocycles. The standard InChI is InChI=1S/C13H10N2O2S/c1-8-12(9(2)16)18-13(15-8)10(7-14)6-11-4-3-5-17-11/h3-6H,1-2H3/b10-6+. The molecule has 0 spiro atoms. The first-order valence-electron chi connectivity index (χ1n) is 5.26. The predicted molar refractivity (Wildman–Crippen MR) is 69.0 cm³/mol. The van der Waals surface area contributed by atoms with Crippen molar-refractivity contribution in [1.82, 2.24) is 4.98 Å². The van der Waals surface area contributed by atoms with E-state index in [-0.39, 0.29) is 5.78 Å². The summed E-state index contributed by atoms with van der Waals surface area (Å²) in [4.78, 5) is 16.2. The summed E-state index contributed by atoms with van der Waals surface area (Å²) in [5, 5.41) is 9.68. The van der Waals surface area contributed by atoms with Crippen LogP contribution in [-0.4, -0.2) is 10.8 Å². The molecule has 90 valence electrons. The summed E-state index contributed by atoms with van der Waals surface area (Å²) in [6.45, 7) is 3.26. The monoisotopic (exact) mass is 258 g/mol. The molecule has 2 aromatic rings. The second kappa shape index (κ2) is 4.98. The summed E-state index contributed by atoms with van der Waals surface area (Å²) in [6.07, 6.45) is 3.15. The van der Waals surface area contributed by atoms with E-state index in [0.29, 0.717) is 26.9 Å². The molecule has 0 amide bonds. The lowest BCUT2D eigenvalue weighted by Gasteiger charge is -1.90. The first-order valence-corrected chi connectivity index (χ1v) is 6.07. The SMILES string of the molecule is CC(=O)c1sc(/C(C#N)=C/c2ccco2)nc1C. The van der Waals surface area contributed by atoms with E-state index in [1.54, 1.807) is 25.1 Å². The topological polar surface area (TPSA) is 66.9 Å².